The van der Waals surface area contributed by atoms with Crippen molar-refractivity contribution >= 4 is 29.8 Å². The quantitative estimate of drug-likeness (QED) is 0.659. The minimum absolute atomic E-state index is 0.121. The Hall–Kier alpha value is -3.69. The molecule has 2 heterocycles. The molecule has 1 N–H and O–H groups in total. The van der Waals surface area contributed by atoms with E-state index in [1.807, 2.05) is 6.92 Å². The smallest absolute Gasteiger partial charge is 0.427 e. The summed E-state index contributed by atoms with van der Waals surface area (Å²) in [4.78, 5) is 48.7. The number of carboxylic acid groups (broad SMARTS) is 1. The lowest BCUT2D eigenvalue weighted by molar-refractivity contribution is 0.0426. The lowest BCUT2D eigenvalue weighted by Gasteiger charge is -2.32. The molecule has 10 heteroatoms. The molecule has 0 saturated heterocycles. The van der Waals surface area contributed by atoms with Crippen LogP contribution in [0.15, 0.2) is 24.4 Å². The van der Waals surface area contributed by atoms with Crippen LogP contribution >= 0.6 is 0 Å². The van der Waals surface area contributed by atoms with Crippen LogP contribution in [0.5, 0.6) is 0 Å². The van der Waals surface area contributed by atoms with Gasteiger partial charge in [-0.3, -0.25) is 0 Å². The van der Waals surface area contributed by atoms with Crippen LogP contribution in [-0.2, 0) is 22.4 Å². The molecular weight excluding hydrogens is 452 g/mol. The zero-order valence-electron chi connectivity index (χ0n) is 21.2. The normalized spacial score (nSPS) is 13.6. The number of hydrogen-bond donors (Lipinski definition) is 1. The average Bonchev–Trinajstić information content (AvgIpc) is 2.71. The molecule has 188 valence electrons. The SMILES string of the molecule is Cc1ccc(C(=O)O)cc1N1CCc2nc(N(C(=O)OC(C)(C)C)C(=O)OC(C)(C)C)ncc2C1. The van der Waals surface area contributed by atoms with Gasteiger partial charge >= 0.3 is 18.2 Å². The van der Waals surface area contributed by atoms with Gasteiger partial charge in [-0.25, -0.2) is 24.4 Å². The predicted octanol–water partition coefficient (Wildman–Crippen LogP) is 4.72. The van der Waals surface area contributed by atoms with Crippen LogP contribution in [0.25, 0.3) is 0 Å². The van der Waals surface area contributed by atoms with E-state index < -0.39 is 29.4 Å². The minimum Gasteiger partial charge on any atom is -0.478 e. The van der Waals surface area contributed by atoms with E-state index in [4.69, 9.17) is 9.47 Å². The van der Waals surface area contributed by atoms with Gasteiger partial charge < -0.3 is 19.5 Å². The van der Waals surface area contributed by atoms with E-state index in [1.165, 1.54) is 0 Å². The number of carbonyl (C=O) groups excluding carboxylic acids is 2. The molecule has 0 radical (unpaired) electrons. The number of rotatable bonds is 3. The summed E-state index contributed by atoms with van der Waals surface area (Å²) in [7, 11) is 0. The predicted molar refractivity (Wildman–Crippen MR) is 130 cm³/mol. The van der Waals surface area contributed by atoms with Gasteiger partial charge in [0, 0.05) is 37.0 Å². The molecule has 2 aromatic rings. The van der Waals surface area contributed by atoms with Gasteiger partial charge in [-0.2, -0.15) is 0 Å². The van der Waals surface area contributed by atoms with Crippen LogP contribution in [0.1, 0.15) is 68.7 Å². The number of nitrogens with zero attached hydrogens (tertiary/aromatic N) is 4. The molecule has 1 aromatic heterocycles. The van der Waals surface area contributed by atoms with E-state index in [0.717, 1.165) is 16.8 Å². The van der Waals surface area contributed by atoms with Gasteiger partial charge in [0.05, 0.1) is 11.3 Å². The van der Waals surface area contributed by atoms with E-state index in [0.29, 0.717) is 30.1 Å². The van der Waals surface area contributed by atoms with E-state index in [9.17, 15) is 19.5 Å². The van der Waals surface area contributed by atoms with Crippen molar-refractivity contribution < 1.29 is 29.0 Å². The van der Waals surface area contributed by atoms with Gasteiger partial charge in [0.25, 0.3) is 0 Å². The fraction of sp³-hybridized carbons (Fsp3) is 0.480. The van der Waals surface area contributed by atoms with Gasteiger partial charge in [0.15, 0.2) is 0 Å². The lowest BCUT2D eigenvalue weighted by Crippen LogP contribution is -2.45. The van der Waals surface area contributed by atoms with Gasteiger partial charge in [-0.1, -0.05) is 6.07 Å². The molecule has 0 unspecified atom stereocenters. The Morgan fingerprint density at radius 2 is 1.63 bits per heavy atom. The molecule has 1 aliphatic heterocycles. The average molecular weight is 485 g/mol. The van der Waals surface area contributed by atoms with Crippen molar-refractivity contribution in [2.24, 2.45) is 0 Å². The van der Waals surface area contributed by atoms with Gasteiger partial charge in [0.1, 0.15) is 11.2 Å². The second-order valence-corrected chi connectivity index (χ2v) is 10.4. The van der Waals surface area contributed by atoms with E-state index in [1.54, 1.807) is 65.9 Å². The summed E-state index contributed by atoms with van der Waals surface area (Å²) in [5.41, 5.74) is 1.82. The highest BCUT2D eigenvalue weighted by atomic mass is 16.6. The van der Waals surface area contributed by atoms with Crippen LogP contribution < -0.4 is 9.80 Å². The summed E-state index contributed by atoms with van der Waals surface area (Å²) in [5, 5.41) is 9.35. The molecular formula is C25H32N4O6. The fourth-order valence-corrected chi connectivity index (χ4v) is 3.56. The Morgan fingerprint density at radius 3 is 2.17 bits per heavy atom. The number of benzene rings is 1. The maximum absolute atomic E-state index is 12.9. The van der Waals surface area contributed by atoms with Crippen molar-refractivity contribution in [3.63, 3.8) is 0 Å². The number of aromatic nitrogens is 2. The summed E-state index contributed by atoms with van der Waals surface area (Å²) in [6.07, 6.45) is 0.232. The number of aryl methyl sites for hydroxylation is 1. The summed E-state index contributed by atoms with van der Waals surface area (Å²) >= 11 is 0. The van der Waals surface area contributed by atoms with Gasteiger partial charge in [-0.15, -0.1) is 4.90 Å². The lowest BCUT2D eigenvalue weighted by atomic mass is 10.0. The number of carboxylic acids is 1. The second-order valence-electron chi connectivity index (χ2n) is 10.4. The summed E-state index contributed by atoms with van der Waals surface area (Å²) in [5.74, 6) is -1.11. The van der Waals surface area contributed by atoms with Crippen molar-refractivity contribution in [3.8, 4) is 0 Å². The number of amides is 2. The maximum Gasteiger partial charge on any atom is 0.427 e. The van der Waals surface area contributed by atoms with Crippen molar-refractivity contribution in [1.29, 1.82) is 0 Å². The number of ether oxygens (including phenoxy) is 2. The number of anilines is 2. The number of fused-ring (bicyclic) bond motifs is 1. The van der Waals surface area contributed by atoms with Crippen LogP contribution in [0.4, 0.5) is 21.2 Å². The second kappa shape index (κ2) is 9.52. The Balaban J connectivity index is 1.91. The first-order valence-corrected chi connectivity index (χ1v) is 11.3. The number of aromatic carboxylic acids is 1. The molecule has 2 amide bonds. The summed E-state index contributed by atoms with van der Waals surface area (Å²) in [6, 6.07) is 5.02. The number of imide groups is 1. The van der Waals surface area contributed by atoms with E-state index in [2.05, 4.69) is 14.9 Å². The third-order valence-corrected chi connectivity index (χ3v) is 5.07. The maximum atomic E-state index is 12.9. The van der Waals surface area contributed by atoms with Crippen molar-refractivity contribution in [1.82, 2.24) is 9.97 Å². The molecule has 0 aliphatic carbocycles. The highest BCUT2D eigenvalue weighted by Crippen LogP contribution is 2.28. The van der Waals surface area contributed by atoms with E-state index >= 15 is 0 Å². The Labute approximate surface area is 204 Å². The molecule has 0 atom stereocenters. The van der Waals surface area contributed by atoms with Crippen LogP contribution in [-0.4, -0.2) is 51.0 Å². The first kappa shape index (κ1) is 25.9. The third-order valence-electron chi connectivity index (χ3n) is 5.07. The van der Waals surface area contributed by atoms with Crippen LogP contribution in [0.3, 0.4) is 0 Å². The van der Waals surface area contributed by atoms with Crippen molar-refractivity contribution in [2.45, 2.75) is 72.6 Å². The highest BCUT2D eigenvalue weighted by molar-refractivity contribution is 6.08. The molecule has 1 aromatic carbocycles. The Morgan fingerprint density at radius 1 is 1.03 bits per heavy atom. The molecule has 1 aliphatic rings. The first-order valence-electron chi connectivity index (χ1n) is 11.3. The minimum atomic E-state index is -0.985. The molecule has 0 spiro atoms. The molecule has 35 heavy (non-hydrogen) atoms. The topological polar surface area (TPSA) is 122 Å². The molecule has 3 rings (SSSR count). The monoisotopic (exact) mass is 484 g/mol. The van der Waals surface area contributed by atoms with Gasteiger partial charge in [0.2, 0.25) is 5.95 Å². The zero-order chi connectivity index (χ0) is 26.1. The van der Waals surface area contributed by atoms with Gasteiger partial charge in [-0.05, 0) is 66.2 Å². The highest BCUT2D eigenvalue weighted by Gasteiger charge is 2.35. The summed E-state index contributed by atoms with van der Waals surface area (Å²) in [6.45, 7) is 13.1. The molecule has 0 saturated carbocycles. The van der Waals surface area contributed by atoms with Crippen LogP contribution in [0.2, 0.25) is 0 Å². The number of hydrogen-bond acceptors (Lipinski definition) is 8. The largest absolute Gasteiger partial charge is 0.478 e. The Kier molecular flexibility index (Phi) is 7.05. The molecule has 0 fully saturated rings. The van der Waals surface area contributed by atoms with Crippen molar-refractivity contribution in [3.05, 3.63) is 46.8 Å². The molecule has 10 nitrogen and oxygen atoms in total. The fourth-order valence-electron chi connectivity index (χ4n) is 3.56. The van der Waals surface area contributed by atoms with Crippen LogP contribution in [0, 0.1) is 6.92 Å². The number of carbonyl (C=O) groups is 3. The zero-order valence-corrected chi connectivity index (χ0v) is 21.2. The summed E-state index contributed by atoms with van der Waals surface area (Å²) < 4.78 is 10.8. The Bertz CT molecular complexity index is 1120. The molecule has 0 bridgehead atoms. The third kappa shape index (κ3) is 6.46. The van der Waals surface area contributed by atoms with E-state index in [-0.39, 0.29) is 11.5 Å². The van der Waals surface area contributed by atoms with Crippen molar-refractivity contribution in [2.75, 3.05) is 16.3 Å². The standard InChI is InChI=1S/C25H32N4O6/c1-15-8-9-16(20(30)31)12-19(15)28-11-10-18-17(14-28)13-26-21(27-18)29(22(32)34-24(2,3)4)23(33)35-25(5,6)7/h8-9,12-13H,10-11,14H2,1-7H3,(H,30,31). The first-order chi connectivity index (χ1) is 16.1.